The Morgan fingerprint density at radius 1 is 1.30 bits per heavy atom. The van der Waals surface area contributed by atoms with Gasteiger partial charge in [-0.25, -0.2) is 9.67 Å². The molecule has 0 aliphatic carbocycles. The van der Waals surface area contributed by atoms with Crippen LogP contribution in [0.5, 0.6) is 0 Å². The maximum atomic E-state index is 5.82. The van der Waals surface area contributed by atoms with E-state index in [0.717, 1.165) is 36.5 Å². The number of pyridine rings is 1. The van der Waals surface area contributed by atoms with Crippen LogP contribution in [0, 0.1) is 20.8 Å². The Hall–Kier alpha value is -1.42. The molecule has 1 atom stereocenters. The van der Waals surface area contributed by atoms with Crippen LogP contribution in [0.1, 0.15) is 49.7 Å². The predicted octanol–water partition coefficient (Wildman–Crippen LogP) is 3.49. The van der Waals surface area contributed by atoms with Gasteiger partial charge in [-0.15, -0.1) is 0 Å². The van der Waals surface area contributed by atoms with Gasteiger partial charge in [0.05, 0.1) is 17.3 Å². The summed E-state index contributed by atoms with van der Waals surface area (Å²) in [6.07, 6.45) is 1.99. The largest absolute Gasteiger partial charge is 0.375 e. The minimum absolute atomic E-state index is 0.0754. The summed E-state index contributed by atoms with van der Waals surface area (Å²) >= 11 is 0. The molecule has 3 heterocycles. The summed E-state index contributed by atoms with van der Waals surface area (Å²) in [4.78, 5) is 4.74. The molecule has 4 nitrogen and oxygen atoms in total. The minimum Gasteiger partial charge on any atom is -0.375 e. The van der Waals surface area contributed by atoms with Gasteiger partial charge in [0.2, 0.25) is 0 Å². The number of aryl methyl sites for hydroxylation is 3. The minimum atomic E-state index is -0.0754. The molecule has 0 N–H and O–H groups in total. The molecule has 0 aromatic carbocycles. The average molecular weight is 273 g/mol. The highest BCUT2D eigenvalue weighted by atomic mass is 16.5. The van der Waals surface area contributed by atoms with Crippen molar-refractivity contribution in [2.75, 3.05) is 6.61 Å². The fourth-order valence-electron chi connectivity index (χ4n) is 3.35. The normalized spacial score (nSPS) is 22.4. The van der Waals surface area contributed by atoms with Crippen LogP contribution in [0.15, 0.2) is 6.07 Å². The summed E-state index contributed by atoms with van der Waals surface area (Å²) in [5.74, 6) is 0. The van der Waals surface area contributed by atoms with Crippen LogP contribution in [0.25, 0.3) is 11.0 Å². The molecular formula is C16H23N3O. The first-order chi connectivity index (χ1) is 9.37. The third-order valence-electron chi connectivity index (χ3n) is 4.18. The molecular weight excluding hydrogens is 250 g/mol. The van der Waals surface area contributed by atoms with Gasteiger partial charge in [0.15, 0.2) is 5.65 Å². The number of nitrogens with zero attached hydrogens (tertiary/aromatic N) is 3. The third-order valence-corrected chi connectivity index (χ3v) is 4.18. The lowest BCUT2D eigenvalue weighted by Crippen LogP contribution is -2.35. The number of ether oxygens (including phenoxy) is 1. The Kier molecular flexibility index (Phi) is 3.09. The Morgan fingerprint density at radius 2 is 2.05 bits per heavy atom. The smallest absolute Gasteiger partial charge is 0.158 e. The quantitative estimate of drug-likeness (QED) is 0.798. The summed E-state index contributed by atoms with van der Waals surface area (Å²) in [5, 5.41) is 5.99. The van der Waals surface area contributed by atoms with E-state index in [1.165, 1.54) is 10.9 Å². The van der Waals surface area contributed by atoms with E-state index in [9.17, 15) is 0 Å². The summed E-state index contributed by atoms with van der Waals surface area (Å²) in [7, 11) is 0. The van der Waals surface area contributed by atoms with Gasteiger partial charge in [-0.2, -0.15) is 5.10 Å². The zero-order valence-electron chi connectivity index (χ0n) is 13.0. The first kappa shape index (κ1) is 13.6. The number of fused-ring (bicyclic) bond motifs is 1. The first-order valence-corrected chi connectivity index (χ1v) is 7.34. The van der Waals surface area contributed by atoms with Gasteiger partial charge in [0.1, 0.15) is 0 Å². The van der Waals surface area contributed by atoms with Crippen LogP contribution in [0.4, 0.5) is 0 Å². The van der Waals surface area contributed by atoms with Crippen LogP contribution in [0.3, 0.4) is 0 Å². The molecule has 3 rings (SSSR count). The summed E-state index contributed by atoms with van der Waals surface area (Å²) in [6, 6.07) is 2.51. The topological polar surface area (TPSA) is 39.9 Å². The van der Waals surface area contributed by atoms with E-state index in [4.69, 9.17) is 14.8 Å². The van der Waals surface area contributed by atoms with Gasteiger partial charge in [0, 0.05) is 17.7 Å². The molecule has 1 aliphatic rings. The predicted molar refractivity (Wildman–Crippen MR) is 80.0 cm³/mol. The molecule has 2 aromatic heterocycles. The number of hydrogen-bond acceptors (Lipinski definition) is 3. The zero-order valence-corrected chi connectivity index (χ0v) is 13.0. The average Bonchev–Trinajstić information content (AvgIpc) is 2.65. The molecule has 4 heteroatoms. The van der Waals surface area contributed by atoms with Crippen LogP contribution in [-0.4, -0.2) is 27.0 Å². The van der Waals surface area contributed by atoms with E-state index < -0.39 is 0 Å². The molecule has 0 unspecified atom stereocenters. The van der Waals surface area contributed by atoms with E-state index in [0.29, 0.717) is 6.04 Å². The fraction of sp³-hybridized carbons (Fsp3) is 0.625. The molecule has 0 spiro atoms. The van der Waals surface area contributed by atoms with Crippen molar-refractivity contribution in [1.82, 2.24) is 14.8 Å². The molecule has 0 bridgehead atoms. The summed E-state index contributed by atoms with van der Waals surface area (Å²) < 4.78 is 7.96. The Labute approximate surface area is 120 Å². The Morgan fingerprint density at radius 3 is 2.75 bits per heavy atom. The second kappa shape index (κ2) is 4.55. The van der Waals surface area contributed by atoms with Crippen molar-refractivity contribution in [2.24, 2.45) is 0 Å². The summed E-state index contributed by atoms with van der Waals surface area (Å²) in [5.41, 5.74) is 4.36. The van der Waals surface area contributed by atoms with Crippen LogP contribution < -0.4 is 0 Å². The van der Waals surface area contributed by atoms with E-state index in [-0.39, 0.29) is 5.60 Å². The monoisotopic (exact) mass is 273 g/mol. The first-order valence-electron chi connectivity index (χ1n) is 7.34. The summed E-state index contributed by atoms with van der Waals surface area (Å²) in [6.45, 7) is 11.4. The highest BCUT2D eigenvalue weighted by Crippen LogP contribution is 2.34. The van der Waals surface area contributed by atoms with E-state index >= 15 is 0 Å². The number of rotatable bonds is 1. The van der Waals surface area contributed by atoms with Crippen molar-refractivity contribution in [3.8, 4) is 0 Å². The van der Waals surface area contributed by atoms with Crippen molar-refractivity contribution in [3.63, 3.8) is 0 Å². The van der Waals surface area contributed by atoms with E-state index in [1.54, 1.807) is 0 Å². The van der Waals surface area contributed by atoms with Crippen molar-refractivity contribution in [1.29, 1.82) is 0 Å². The fourth-order valence-corrected chi connectivity index (χ4v) is 3.35. The highest BCUT2D eigenvalue weighted by molar-refractivity contribution is 5.82. The molecule has 0 amide bonds. The molecule has 1 aliphatic heterocycles. The van der Waals surface area contributed by atoms with Crippen molar-refractivity contribution < 1.29 is 4.74 Å². The Bertz CT molecular complexity index is 657. The lowest BCUT2D eigenvalue weighted by Gasteiger charge is -2.35. The highest BCUT2D eigenvalue weighted by Gasteiger charge is 2.31. The zero-order chi connectivity index (χ0) is 14.5. The van der Waals surface area contributed by atoms with Gasteiger partial charge in [-0.1, -0.05) is 0 Å². The van der Waals surface area contributed by atoms with E-state index in [2.05, 4.69) is 38.4 Å². The van der Waals surface area contributed by atoms with Crippen LogP contribution >= 0.6 is 0 Å². The molecule has 0 saturated carbocycles. The van der Waals surface area contributed by atoms with Crippen LogP contribution in [-0.2, 0) is 4.74 Å². The van der Waals surface area contributed by atoms with Gasteiger partial charge in [0.25, 0.3) is 0 Å². The second-order valence-electron chi connectivity index (χ2n) is 6.56. The van der Waals surface area contributed by atoms with Gasteiger partial charge >= 0.3 is 0 Å². The molecule has 20 heavy (non-hydrogen) atoms. The molecule has 1 saturated heterocycles. The van der Waals surface area contributed by atoms with E-state index in [1.807, 2.05) is 6.92 Å². The Balaban J connectivity index is 2.12. The number of hydrogen-bond donors (Lipinski definition) is 0. The second-order valence-corrected chi connectivity index (χ2v) is 6.56. The van der Waals surface area contributed by atoms with Gasteiger partial charge in [-0.3, -0.25) is 0 Å². The SMILES string of the molecule is Cc1cc(C)c2c(C)nn([C@H]3CCOC(C)(C)C3)c2n1. The molecule has 0 radical (unpaired) electrons. The number of aromatic nitrogens is 3. The maximum absolute atomic E-state index is 5.82. The lowest BCUT2D eigenvalue weighted by molar-refractivity contribution is -0.0702. The maximum Gasteiger partial charge on any atom is 0.158 e. The van der Waals surface area contributed by atoms with Crippen molar-refractivity contribution in [2.45, 2.75) is 59.1 Å². The van der Waals surface area contributed by atoms with Gasteiger partial charge in [-0.05, 0) is 59.1 Å². The lowest BCUT2D eigenvalue weighted by atomic mass is 9.94. The van der Waals surface area contributed by atoms with Crippen molar-refractivity contribution >= 4 is 11.0 Å². The van der Waals surface area contributed by atoms with Crippen LogP contribution in [0.2, 0.25) is 0 Å². The molecule has 108 valence electrons. The van der Waals surface area contributed by atoms with Crippen molar-refractivity contribution in [3.05, 3.63) is 23.0 Å². The third kappa shape index (κ3) is 2.22. The standard InChI is InChI=1S/C16H23N3O/c1-10-8-11(2)17-15-14(10)12(3)18-19(15)13-6-7-20-16(4,5)9-13/h8,13H,6-7,9H2,1-5H3/t13-/m0/s1. The molecule has 2 aromatic rings. The molecule has 1 fully saturated rings. The van der Waals surface area contributed by atoms with Gasteiger partial charge < -0.3 is 4.74 Å².